The summed E-state index contributed by atoms with van der Waals surface area (Å²) in [7, 11) is 2.10. The van der Waals surface area contributed by atoms with E-state index in [2.05, 4.69) is 27.3 Å². The van der Waals surface area contributed by atoms with Crippen molar-refractivity contribution in [2.75, 3.05) is 30.2 Å². The average Bonchev–Trinajstić information content (AvgIpc) is 2.47. The van der Waals surface area contributed by atoms with Crippen molar-refractivity contribution >= 4 is 23.4 Å². The van der Waals surface area contributed by atoms with Crippen LogP contribution in [0.1, 0.15) is 32.1 Å². The third-order valence-corrected chi connectivity index (χ3v) is 4.22. The van der Waals surface area contributed by atoms with Crippen LogP contribution in [-0.4, -0.2) is 29.8 Å². The Hall–Kier alpha value is -1.01. The van der Waals surface area contributed by atoms with Crippen LogP contribution in [0, 0.1) is 5.92 Å². The first-order valence-corrected chi connectivity index (χ1v) is 8.06. The van der Waals surface area contributed by atoms with E-state index in [0.717, 1.165) is 23.4 Å². The highest BCUT2D eigenvalue weighted by atomic mass is 32.2. The third-order valence-electron chi connectivity index (χ3n) is 3.67. The van der Waals surface area contributed by atoms with E-state index in [1.54, 1.807) is 0 Å². The van der Waals surface area contributed by atoms with Gasteiger partial charge in [-0.3, -0.25) is 0 Å². The van der Waals surface area contributed by atoms with E-state index in [1.165, 1.54) is 43.9 Å². The van der Waals surface area contributed by atoms with E-state index in [-0.39, 0.29) is 0 Å². The molecule has 0 aromatic carbocycles. The van der Waals surface area contributed by atoms with E-state index >= 15 is 0 Å². The molecule has 1 aliphatic carbocycles. The van der Waals surface area contributed by atoms with Crippen LogP contribution in [0.4, 0.5) is 11.6 Å². The molecule has 0 amide bonds. The second kappa shape index (κ2) is 6.96. The summed E-state index contributed by atoms with van der Waals surface area (Å²) in [5, 5.41) is 0.751. The van der Waals surface area contributed by atoms with Gasteiger partial charge in [-0.15, -0.1) is 0 Å². The van der Waals surface area contributed by atoms with Crippen molar-refractivity contribution in [3.05, 3.63) is 6.07 Å². The molecule has 0 saturated heterocycles. The highest BCUT2D eigenvalue weighted by Gasteiger charge is 2.17. The minimum atomic E-state index is 0.671. The minimum Gasteiger partial charge on any atom is -0.359 e. The monoisotopic (exact) mass is 281 g/mol. The van der Waals surface area contributed by atoms with Crippen LogP contribution in [0.15, 0.2) is 11.2 Å². The number of anilines is 2. The Kier molecular flexibility index (Phi) is 5.27. The van der Waals surface area contributed by atoms with Gasteiger partial charge in [0.05, 0.1) is 0 Å². The zero-order chi connectivity index (χ0) is 13.7. The number of nitrogens with one attached hydrogen (secondary N) is 1. The molecule has 0 atom stereocenters. The van der Waals surface area contributed by atoms with Gasteiger partial charge in [0.2, 0.25) is 0 Å². The molecule has 0 bridgehead atoms. The molecule has 1 heterocycles. The Morgan fingerprint density at radius 1 is 1.37 bits per heavy atom. The Balaban J connectivity index is 2.06. The Bertz CT molecular complexity index is 384. The van der Waals surface area contributed by atoms with Gasteiger partial charge in [-0.25, -0.2) is 15.8 Å². The van der Waals surface area contributed by atoms with Gasteiger partial charge in [0.1, 0.15) is 11.6 Å². The molecule has 0 spiro atoms. The molecule has 3 N–H and O–H groups in total. The summed E-state index contributed by atoms with van der Waals surface area (Å²) in [6, 6.07) is 1.91. The fourth-order valence-electron chi connectivity index (χ4n) is 2.62. The van der Waals surface area contributed by atoms with Gasteiger partial charge >= 0.3 is 0 Å². The Morgan fingerprint density at radius 3 is 2.74 bits per heavy atom. The first kappa shape index (κ1) is 14.4. The summed E-state index contributed by atoms with van der Waals surface area (Å²) in [6.45, 7) is 1.06. The lowest BCUT2D eigenvalue weighted by molar-refractivity contribution is 0.361. The molecule has 5 nitrogen and oxygen atoms in total. The van der Waals surface area contributed by atoms with E-state index in [1.807, 2.05) is 12.3 Å². The highest BCUT2D eigenvalue weighted by molar-refractivity contribution is 7.98. The summed E-state index contributed by atoms with van der Waals surface area (Å²) >= 11 is 1.53. The molecule has 1 aromatic heterocycles. The fourth-order valence-corrected chi connectivity index (χ4v) is 3.00. The van der Waals surface area contributed by atoms with Crippen molar-refractivity contribution in [3.63, 3.8) is 0 Å². The fraction of sp³-hybridized carbons (Fsp3) is 0.692. The molecule has 19 heavy (non-hydrogen) atoms. The molecule has 0 radical (unpaired) electrons. The number of aromatic nitrogens is 2. The van der Waals surface area contributed by atoms with Crippen LogP contribution < -0.4 is 16.2 Å². The lowest BCUT2D eigenvalue weighted by atomic mass is 9.89. The molecular weight excluding hydrogens is 258 g/mol. The smallest absolute Gasteiger partial charge is 0.191 e. The van der Waals surface area contributed by atoms with Crippen molar-refractivity contribution in [3.8, 4) is 0 Å². The zero-order valence-electron chi connectivity index (χ0n) is 11.7. The standard InChI is InChI=1S/C13H23N5S/c1-18(9-10-6-4-3-5-7-10)12-8-11(17-14)15-13(16-12)19-2/h8,10H,3-7,9,14H2,1-2H3,(H,15,16,17). The molecule has 0 unspecified atom stereocenters. The molecule has 1 saturated carbocycles. The van der Waals surface area contributed by atoms with Crippen LogP contribution in [-0.2, 0) is 0 Å². The summed E-state index contributed by atoms with van der Waals surface area (Å²) in [5.74, 6) is 7.86. The largest absolute Gasteiger partial charge is 0.359 e. The SMILES string of the molecule is CSc1nc(NN)cc(N(C)CC2CCCCC2)n1. The number of nitrogens with zero attached hydrogens (tertiary/aromatic N) is 3. The first-order valence-electron chi connectivity index (χ1n) is 6.83. The molecule has 1 fully saturated rings. The lowest BCUT2D eigenvalue weighted by Gasteiger charge is -2.28. The van der Waals surface area contributed by atoms with Crippen LogP contribution in [0.2, 0.25) is 0 Å². The summed E-state index contributed by atoms with van der Waals surface area (Å²) in [5.41, 5.74) is 2.61. The van der Waals surface area contributed by atoms with Gasteiger partial charge in [-0.2, -0.15) is 0 Å². The number of rotatable bonds is 5. The molecule has 106 valence electrons. The van der Waals surface area contributed by atoms with Crippen LogP contribution >= 0.6 is 11.8 Å². The van der Waals surface area contributed by atoms with Gasteiger partial charge in [-0.1, -0.05) is 31.0 Å². The molecule has 1 aromatic rings. The van der Waals surface area contributed by atoms with Gasteiger partial charge in [0.15, 0.2) is 5.16 Å². The Morgan fingerprint density at radius 2 is 2.11 bits per heavy atom. The van der Waals surface area contributed by atoms with E-state index < -0.39 is 0 Å². The van der Waals surface area contributed by atoms with Gasteiger partial charge < -0.3 is 10.3 Å². The third kappa shape index (κ3) is 3.98. The minimum absolute atomic E-state index is 0.671. The average molecular weight is 281 g/mol. The predicted molar refractivity (Wildman–Crippen MR) is 81.5 cm³/mol. The normalized spacial score (nSPS) is 16.4. The van der Waals surface area contributed by atoms with Crippen LogP contribution in [0.3, 0.4) is 0 Å². The maximum Gasteiger partial charge on any atom is 0.191 e. The van der Waals surface area contributed by atoms with Crippen molar-refractivity contribution in [1.82, 2.24) is 9.97 Å². The molecule has 0 aliphatic heterocycles. The topological polar surface area (TPSA) is 67.1 Å². The molecule has 6 heteroatoms. The Labute approximate surface area is 119 Å². The number of hydrogen-bond donors (Lipinski definition) is 2. The second-order valence-corrected chi connectivity index (χ2v) is 5.90. The second-order valence-electron chi connectivity index (χ2n) is 5.13. The molecule has 1 aliphatic rings. The van der Waals surface area contributed by atoms with Gasteiger partial charge in [0, 0.05) is 19.7 Å². The number of thioether (sulfide) groups is 1. The number of nitrogens with two attached hydrogens (primary N) is 1. The summed E-state index contributed by atoms with van der Waals surface area (Å²) in [6.07, 6.45) is 8.79. The summed E-state index contributed by atoms with van der Waals surface area (Å²) in [4.78, 5) is 11.1. The van der Waals surface area contributed by atoms with Gasteiger partial charge in [-0.05, 0) is 25.0 Å². The summed E-state index contributed by atoms with van der Waals surface area (Å²) < 4.78 is 0. The maximum absolute atomic E-state index is 5.46. The van der Waals surface area contributed by atoms with Crippen molar-refractivity contribution < 1.29 is 0 Å². The highest BCUT2D eigenvalue weighted by Crippen LogP contribution is 2.26. The zero-order valence-corrected chi connectivity index (χ0v) is 12.5. The van der Waals surface area contributed by atoms with E-state index in [0.29, 0.717) is 5.82 Å². The maximum atomic E-state index is 5.46. The van der Waals surface area contributed by atoms with Crippen molar-refractivity contribution in [2.45, 2.75) is 37.3 Å². The lowest BCUT2D eigenvalue weighted by Crippen LogP contribution is -2.28. The predicted octanol–water partition coefficient (Wildman–Crippen LogP) is 2.50. The van der Waals surface area contributed by atoms with Crippen molar-refractivity contribution in [2.24, 2.45) is 11.8 Å². The number of hydrazine groups is 1. The van der Waals surface area contributed by atoms with E-state index in [9.17, 15) is 0 Å². The van der Waals surface area contributed by atoms with Crippen molar-refractivity contribution in [1.29, 1.82) is 0 Å². The van der Waals surface area contributed by atoms with E-state index in [4.69, 9.17) is 5.84 Å². The first-order chi connectivity index (χ1) is 9.22. The molecular formula is C13H23N5S. The van der Waals surface area contributed by atoms with Gasteiger partial charge in [0.25, 0.3) is 0 Å². The van der Waals surface area contributed by atoms with Crippen LogP contribution in [0.25, 0.3) is 0 Å². The molecule has 2 rings (SSSR count). The quantitative estimate of drug-likeness (QED) is 0.374. The number of hydrogen-bond acceptors (Lipinski definition) is 6. The number of nitrogen functional groups attached to an aromatic ring is 1. The van der Waals surface area contributed by atoms with Crippen LogP contribution in [0.5, 0.6) is 0 Å².